The summed E-state index contributed by atoms with van der Waals surface area (Å²) in [5, 5.41) is 232. The van der Waals surface area contributed by atoms with E-state index in [4.69, 9.17) is 80.5 Å². The largest absolute Gasteiger partial charge is 0.479 e. The third-order valence-corrected chi connectivity index (χ3v) is 28.2. The minimum absolute atomic E-state index is 0.00165. The Labute approximate surface area is 682 Å². The Morgan fingerprint density at radius 1 is 0.471 bits per heavy atom. The number of ether oxygens (including phenoxy) is 17. The second-order valence-corrected chi connectivity index (χ2v) is 36.1. The van der Waals surface area contributed by atoms with Crippen molar-refractivity contribution in [3.8, 4) is 0 Å². The number of aldehydes is 1. The van der Waals surface area contributed by atoms with Gasteiger partial charge in [0.2, 0.25) is 6.29 Å². The van der Waals surface area contributed by atoms with Gasteiger partial charge < -0.3 is 193 Å². The molecule has 119 heavy (non-hydrogen) atoms. The second-order valence-electron chi connectivity index (χ2n) is 36.1. The van der Waals surface area contributed by atoms with Gasteiger partial charge in [-0.15, -0.1) is 0 Å². The first-order valence-corrected chi connectivity index (χ1v) is 40.5. The van der Waals surface area contributed by atoms with Crippen LogP contribution in [0.3, 0.4) is 0 Å². The SMILES string of the molecule is CC(=O)OC1C(C)OC(OC(=O)[C@]23CCC(C)(C)CC2C2=CCC4[C@@]5(C)CC[C@H](OC6OC(C(=O)O)C(O)C(O)C6OC6OC(CO)C(O)C(O)C6O)[C@@](C)(C=O)C5=CC[C@@]4(C)[C@]2(C)C[C@H]3O)C(OC2OC(C)C(OC3OCC(O)C(O)C3OC3OCC(O)C(O)C3OC3OCC(O)C(O)C3O)C(O)C2O)C1OC1OC(CO)C(O)C(O)C1O. The molecule has 13 rings (SSSR count). The van der Waals surface area contributed by atoms with Crippen molar-refractivity contribution >= 4 is 24.2 Å². The lowest BCUT2D eigenvalue weighted by atomic mass is 9.35. The van der Waals surface area contributed by atoms with Crippen LogP contribution in [0.5, 0.6) is 0 Å². The molecule has 0 aromatic carbocycles. The van der Waals surface area contributed by atoms with E-state index in [-0.39, 0.29) is 38.0 Å². The summed E-state index contributed by atoms with van der Waals surface area (Å²) in [4.78, 5) is 56.3. The molecule has 0 spiro atoms. The van der Waals surface area contributed by atoms with Crippen LogP contribution in [0.15, 0.2) is 23.3 Å². The molecule has 0 radical (unpaired) electrons. The maximum atomic E-state index is 16.4. The molecule has 678 valence electrons. The molecule has 3 saturated carbocycles. The number of aliphatic carboxylic acids is 1. The minimum Gasteiger partial charge on any atom is -0.479 e. The Bertz CT molecular complexity index is 3610. The van der Waals surface area contributed by atoms with E-state index in [1.54, 1.807) is 6.92 Å². The van der Waals surface area contributed by atoms with E-state index in [1.165, 1.54) is 13.8 Å². The summed E-state index contributed by atoms with van der Waals surface area (Å²) in [6, 6.07) is 0. The van der Waals surface area contributed by atoms with Crippen molar-refractivity contribution in [1.82, 2.24) is 0 Å². The molecule has 46 atom stereocenters. The molecule has 0 aromatic rings. The summed E-state index contributed by atoms with van der Waals surface area (Å²) in [5.74, 6) is -4.86. The Morgan fingerprint density at radius 2 is 0.950 bits per heavy atom. The number of hydrogen-bond donors (Lipinski definition) is 21. The van der Waals surface area contributed by atoms with Crippen LogP contribution in [0.25, 0.3) is 0 Å². The molecule has 0 amide bonds. The van der Waals surface area contributed by atoms with Gasteiger partial charge >= 0.3 is 17.9 Å². The number of carbonyl (C=O) groups is 4. The fraction of sp³-hybridized carbons (Fsp3) is 0.896. The summed E-state index contributed by atoms with van der Waals surface area (Å²) in [5.41, 5.74) is -5.10. The highest BCUT2D eigenvalue weighted by Gasteiger charge is 2.72. The summed E-state index contributed by atoms with van der Waals surface area (Å²) in [6.45, 7) is 11.9. The molecule has 8 aliphatic heterocycles. The first-order valence-electron chi connectivity index (χ1n) is 40.5. The molecule has 11 fully saturated rings. The van der Waals surface area contributed by atoms with Crippen molar-refractivity contribution in [3.05, 3.63) is 23.3 Å². The zero-order chi connectivity index (χ0) is 86.9. The number of aliphatic hydroxyl groups excluding tert-OH is 20. The number of aliphatic hydroxyl groups is 20. The van der Waals surface area contributed by atoms with Gasteiger partial charge in [0, 0.05) is 6.92 Å². The third kappa shape index (κ3) is 16.5. The Balaban J connectivity index is 0.784. The van der Waals surface area contributed by atoms with Crippen molar-refractivity contribution in [2.75, 3.05) is 33.0 Å². The van der Waals surface area contributed by atoms with Gasteiger partial charge in [-0.05, 0) is 106 Å². The molecule has 13 aliphatic rings. The third-order valence-electron chi connectivity index (χ3n) is 28.2. The van der Waals surface area contributed by atoms with Gasteiger partial charge in [-0.1, -0.05) is 57.9 Å². The number of hydrogen-bond acceptors (Lipinski definition) is 41. The van der Waals surface area contributed by atoms with E-state index in [1.807, 2.05) is 33.8 Å². The average Bonchev–Trinajstić information content (AvgIpc) is 0.668. The second kappa shape index (κ2) is 35.4. The first-order chi connectivity index (χ1) is 55.9. The highest BCUT2D eigenvalue weighted by molar-refractivity contribution is 5.80. The Hall–Kier alpha value is -3.84. The van der Waals surface area contributed by atoms with Gasteiger partial charge in [0.1, 0.15) is 158 Å². The van der Waals surface area contributed by atoms with Gasteiger partial charge in [0.25, 0.3) is 0 Å². The molecule has 42 heteroatoms. The number of allylic oxidation sites excluding steroid dienone is 3. The number of carboxylic acid groups (broad SMARTS) is 1. The minimum atomic E-state index is -2.27. The number of fused-ring (bicyclic) bond motifs is 7. The van der Waals surface area contributed by atoms with Gasteiger partial charge in [0.15, 0.2) is 62.3 Å². The molecule has 8 heterocycles. The van der Waals surface area contributed by atoms with Crippen LogP contribution in [0.2, 0.25) is 0 Å². The van der Waals surface area contributed by atoms with Crippen molar-refractivity contribution in [2.24, 2.45) is 44.3 Å². The lowest BCUT2D eigenvalue weighted by Crippen LogP contribution is -2.69. The van der Waals surface area contributed by atoms with E-state index < -0.39 is 329 Å². The summed E-state index contributed by atoms with van der Waals surface area (Å²) < 4.78 is 103. The molecule has 21 N–H and O–H groups in total. The fourth-order valence-electron chi connectivity index (χ4n) is 21.0. The molecular formula is C77H118O42. The summed E-state index contributed by atoms with van der Waals surface area (Å²) in [6.07, 6.45) is -66.3. The van der Waals surface area contributed by atoms with Gasteiger partial charge in [0.05, 0.1) is 62.9 Å². The zero-order valence-electron chi connectivity index (χ0n) is 67.1. The van der Waals surface area contributed by atoms with E-state index >= 15 is 4.79 Å². The maximum Gasteiger partial charge on any atom is 0.335 e. The molecule has 8 saturated heterocycles. The smallest absolute Gasteiger partial charge is 0.335 e. The normalized spacial score (nSPS) is 53.2. The molecule has 39 unspecified atom stereocenters. The van der Waals surface area contributed by atoms with Crippen molar-refractivity contribution in [3.63, 3.8) is 0 Å². The number of rotatable bonds is 21. The van der Waals surface area contributed by atoms with Gasteiger partial charge in [-0.2, -0.15) is 0 Å². The number of esters is 2. The van der Waals surface area contributed by atoms with E-state index in [9.17, 15) is 122 Å². The molecule has 5 aliphatic carbocycles. The molecule has 0 bridgehead atoms. The van der Waals surface area contributed by atoms with Crippen molar-refractivity contribution in [1.29, 1.82) is 0 Å². The Morgan fingerprint density at radius 3 is 1.51 bits per heavy atom. The van der Waals surface area contributed by atoms with Crippen LogP contribution in [0, 0.1) is 44.3 Å². The Kier molecular flexibility index (Phi) is 27.6. The quantitative estimate of drug-likeness (QED) is 0.0288. The van der Waals surface area contributed by atoms with Crippen molar-refractivity contribution in [2.45, 2.75) is 353 Å². The van der Waals surface area contributed by atoms with E-state index in [2.05, 4.69) is 13.0 Å². The highest BCUT2D eigenvalue weighted by Crippen LogP contribution is 2.75. The fourth-order valence-corrected chi connectivity index (χ4v) is 21.0. The van der Waals surface area contributed by atoms with Crippen LogP contribution in [-0.2, 0) is 99.7 Å². The molecule has 0 aromatic heterocycles. The topological polar surface area (TPSA) is 650 Å². The maximum absolute atomic E-state index is 16.4. The summed E-state index contributed by atoms with van der Waals surface area (Å²) >= 11 is 0. The number of carboxylic acids is 1. The summed E-state index contributed by atoms with van der Waals surface area (Å²) in [7, 11) is 0. The lowest BCUT2D eigenvalue weighted by Gasteiger charge is -2.69. The lowest BCUT2D eigenvalue weighted by molar-refractivity contribution is -0.398. The monoisotopic (exact) mass is 1710 g/mol. The van der Waals surface area contributed by atoms with Gasteiger partial charge in [-0.3, -0.25) is 9.59 Å². The standard InChI is InChI=1S/C77H118O42/c1-26-54(112-67-58(42(88)33(84)23-104-67)116-68-57(41(87)32(83)24-105-68)114-63-50(96)40(86)31(82)22-103-63)49(95)53(99)64(106-26)118-61-60(117-66-52(98)46(92)44(90)35(21-79)110-66)55(108-28(3)81)27(2)107-70(61)119-71(102)77-17-16-72(4,5)18-30(77)29-10-11-37-73(6)14-13-39(74(7,25-80)36(73)12-15-75(37,8)76(29,9)19-38(77)85)111-69-59(48(94)47(93)56(113-69)62(100)101)115-65-51(97)45(91)43(89)34(20-78)109-65/h10,12,25-27,30-35,37-61,63-70,78-79,82-99H,11,13-24H2,1-9H3,(H,100,101)/t26?,27?,30?,31?,32?,33?,34?,35?,37?,38-,39+,40?,41?,42?,43?,44?,45?,46?,47?,48?,49?,50?,51?,52?,53?,54?,55?,56?,57?,58?,59?,60?,61?,63?,64?,65?,66?,67?,68?,69?,70?,73+,74+,75-,76-,77-/m1/s1. The van der Waals surface area contributed by atoms with Crippen LogP contribution in [0.4, 0.5) is 0 Å². The van der Waals surface area contributed by atoms with Crippen LogP contribution >= 0.6 is 0 Å². The van der Waals surface area contributed by atoms with Crippen LogP contribution in [-0.4, -0.2) is 404 Å². The molecule has 42 nitrogen and oxygen atoms in total. The zero-order valence-corrected chi connectivity index (χ0v) is 67.1. The van der Waals surface area contributed by atoms with Crippen molar-refractivity contribution < 1.29 is 207 Å². The van der Waals surface area contributed by atoms with Crippen LogP contribution < -0.4 is 0 Å². The number of carbonyl (C=O) groups excluding carboxylic acids is 3. The highest BCUT2D eigenvalue weighted by atomic mass is 16.8. The predicted octanol–water partition coefficient (Wildman–Crippen LogP) is -8.03. The van der Waals surface area contributed by atoms with E-state index in [0.717, 1.165) is 12.5 Å². The van der Waals surface area contributed by atoms with E-state index in [0.29, 0.717) is 31.1 Å². The van der Waals surface area contributed by atoms with Gasteiger partial charge in [-0.25, -0.2) is 4.79 Å². The average molecular weight is 1720 g/mol. The molecular weight excluding hydrogens is 1600 g/mol. The van der Waals surface area contributed by atoms with Crippen LogP contribution in [0.1, 0.15) is 114 Å². The predicted molar refractivity (Wildman–Crippen MR) is 384 cm³/mol. The first kappa shape index (κ1) is 92.8.